The van der Waals surface area contributed by atoms with Crippen molar-refractivity contribution in [2.75, 3.05) is 0 Å². The molecular formula is C13H20N2O2. The molecule has 0 heterocycles. The molecule has 0 aromatic heterocycles. The van der Waals surface area contributed by atoms with Gasteiger partial charge in [-0.05, 0) is 37.0 Å². The van der Waals surface area contributed by atoms with Gasteiger partial charge in [-0.3, -0.25) is 10.2 Å². The van der Waals surface area contributed by atoms with Crippen LogP contribution in [0.1, 0.15) is 37.8 Å². The van der Waals surface area contributed by atoms with Crippen LogP contribution < -0.4 is 16.0 Å². The Kier molecular flexibility index (Phi) is 4.52. The van der Waals surface area contributed by atoms with Crippen molar-refractivity contribution in [1.82, 2.24) is 5.43 Å². The molecule has 1 atom stereocenters. The standard InChI is InChI=1S/C13H20N2O2/c1-8(2)11-6-5-9(3)12(7-11)17-10(4)13(16)15-14/h5-8,10H,14H2,1-4H3,(H,15,16). The highest BCUT2D eigenvalue weighted by Gasteiger charge is 2.14. The molecular weight excluding hydrogens is 216 g/mol. The van der Waals surface area contributed by atoms with E-state index in [-0.39, 0.29) is 5.91 Å². The van der Waals surface area contributed by atoms with Crippen LogP contribution in [0.2, 0.25) is 0 Å². The van der Waals surface area contributed by atoms with Crippen LogP contribution in [0.25, 0.3) is 0 Å². The van der Waals surface area contributed by atoms with Gasteiger partial charge < -0.3 is 4.74 Å². The van der Waals surface area contributed by atoms with Crippen LogP contribution in [-0.4, -0.2) is 12.0 Å². The highest BCUT2D eigenvalue weighted by atomic mass is 16.5. The summed E-state index contributed by atoms with van der Waals surface area (Å²) >= 11 is 0. The smallest absolute Gasteiger partial charge is 0.274 e. The molecule has 3 N–H and O–H groups in total. The van der Waals surface area contributed by atoms with Gasteiger partial charge in [0.25, 0.3) is 5.91 Å². The molecule has 0 aliphatic heterocycles. The van der Waals surface area contributed by atoms with Gasteiger partial charge in [0.05, 0.1) is 0 Å². The summed E-state index contributed by atoms with van der Waals surface area (Å²) in [5.74, 6) is 5.89. The highest BCUT2D eigenvalue weighted by Crippen LogP contribution is 2.25. The van der Waals surface area contributed by atoms with Crippen LogP contribution in [0.3, 0.4) is 0 Å². The number of rotatable bonds is 4. The van der Waals surface area contributed by atoms with Crippen LogP contribution >= 0.6 is 0 Å². The summed E-state index contributed by atoms with van der Waals surface area (Å²) in [4.78, 5) is 11.3. The molecule has 4 heteroatoms. The summed E-state index contributed by atoms with van der Waals surface area (Å²) < 4.78 is 5.60. The molecule has 0 aliphatic carbocycles. The largest absolute Gasteiger partial charge is 0.481 e. The lowest BCUT2D eigenvalue weighted by Gasteiger charge is -2.16. The van der Waals surface area contributed by atoms with Crippen LogP contribution in [-0.2, 0) is 4.79 Å². The Morgan fingerprint density at radius 2 is 2.00 bits per heavy atom. The zero-order chi connectivity index (χ0) is 13.0. The van der Waals surface area contributed by atoms with Gasteiger partial charge in [-0.1, -0.05) is 26.0 Å². The van der Waals surface area contributed by atoms with E-state index in [0.29, 0.717) is 5.92 Å². The number of carbonyl (C=O) groups is 1. The highest BCUT2D eigenvalue weighted by molar-refractivity contribution is 5.80. The SMILES string of the molecule is Cc1ccc(C(C)C)cc1OC(C)C(=O)NN. The van der Waals surface area contributed by atoms with Gasteiger partial charge in [-0.15, -0.1) is 0 Å². The monoisotopic (exact) mass is 236 g/mol. The summed E-state index contributed by atoms with van der Waals surface area (Å²) in [7, 11) is 0. The second-order valence-electron chi connectivity index (χ2n) is 4.45. The van der Waals surface area contributed by atoms with Gasteiger partial charge in [-0.2, -0.15) is 0 Å². The topological polar surface area (TPSA) is 64.3 Å². The van der Waals surface area contributed by atoms with Crippen LogP contribution in [0, 0.1) is 6.92 Å². The molecule has 0 radical (unpaired) electrons. The normalized spacial score (nSPS) is 12.4. The fourth-order valence-corrected chi connectivity index (χ4v) is 1.46. The van der Waals surface area contributed by atoms with Gasteiger partial charge in [-0.25, -0.2) is 5.84 Å². The van der Waals surface area contributed by atoms with Gasteiger partial charge in [0.15, 0.2) is 6.10 Å². The zero-order valence-electron chi connectivity index (χ0n) is 10.8. The average molecular weight is 236 g/mol. The molecule has 0 saturated heterocycles. The summed E-state index contributed by atoms with van der Waals surface area (Å²) in [6.07, 6.45) is -0.596. The predicted molar refractivity (Wildman–Crippen MR) is 67.7 cm³/mol. The third-order valence-corrected chi connectivity index (χ3v) is 2.69. The lowest BCUT2D eigenvalue weighted by atomic mass is 10.0. The number of carbonyl (C=O) groups excluding carboxylic acids is 1. The van der Waals surface area contributed by atoms with Crippen molar-refractivity contribution >= 4 is 5.91 Å². The maximum atomic E-state index is 11.3. The van der Waals surface area contributed by atoms with Crippen molar-refractivity contribution in [1.29, 1.82) is 0 Å². The number of hydrogen-bond acceptors (Lipinski definition) is 3. The molecule has 4 nitrogen and oxygen atoms in total. The van der Waals surface area contributed by atoms with Gasteiger partial charge >= 0.3 is 0 Å². The van der Waals surface area contributed by atoms with E-state index in [9.17, 15) is 4.79 Å². The van der Waals surface area contributed by atoms with Crippen LogP contribution in [0.5, 0.6) is 5.75 Å². The minimum atomic E-state index is -0.596. The Morgan fingerprint density at radius 3 is 2.53 bits per heavy atom. The third-order valence-electron chi connectivity index (χ3n) is 2.69. The number of nitrogens with two attached hydrogens (primary N) is 1. The number of hydrazine groups is 1. The number of nitrogens with one attached hydrogen (secondary N) is 1. The summed E-state index contributed by atoms with van der Waals surface area (Å²) in [6, 6.07) is 6.04. The van der Waals surface area contributed by atoms with Crippen LogP contribution in [0.15, 0.2) is 18.2 Å². The second kappa shape index (κ2) is 5.68. The Balaban J connectivity index is 2.89. The first-order valence-electron chi connectivity index (χ1n) is 5.73. The maximum Gasteiger partial charge on any atom is 0.274 e. The van der Waals surface area contributed by atoms with Crippen molar-refractivity contribution in [3.05, 3.63) is 29.3 Å². The molecule has 1 aromatic carbocycles. The molecule has 0 aliphatic rings. The van der Waals surface area contributed by atoms with E-state index in [1.54, 1.807) is 6.92 Å². The van der Waals surface area contributed by atoms with E-state index in [2.05, 4.69) is 25.3 Å². The fourth-order valence-electron chi connectivity index (χ4n) is 1.46. The molecule has 1 unspecified atom stereocenters. The Bertz CT molecular complexity index is 402. The number of amides is 1. The lowest BCUT2D eigenvalue weighted by Crippen LogP contribution is -2.40. The molecule has 0 saturated carbocycles. The fraction of sp³-hybridized carbons (Fsp3) is 0.462. The molecule has 17 heavy (non-hydrogen) atoms. The summed E-state index contributed by atoms with van der Waals surface area (Å²) in [6.45, 7) is 7.85. The van der Waals surface area contributed by atoms with E-state index in [1.807, 2.05) is 19.1 Å². The van der Waals surface area contributed by atoms with Crippen molar-refractivity contribution in [2.45, 2.75) is 39.7 Å². The minimum absolute atomic E-state index is 0.334. The van der Waals surface area contributed by atoms with Crippen molar-refractivity contribution in [3.63, 3.8) is 0 Å². The average Bonchev–Trinajstić information content (AvgIpc) is 2.30. The van der Waals surface area contributed by atoms with Gasteiger partial charge in [0.1, 0.15) is 5.75 Å². The molecule has 1 amide bonds. The van der Waals surface area contributed by atoms with E-state index in [4.69, 9.17) is 10.6 Å². The van der Waals surface area contributed by atoms with Gasteiger partial charge in [0, 0.05) is 0 Å². The van der Waals surface area contributed by atoms with Gasteiger partial charge in [0.2, 0.25) is 0 Å². The third kappa shape index (κ3) is 3.46. The van der Waals surface area contributed by atoms with E-state index in [0.717, 1.165) is 11.3 Å². The number of ether oxygens (including phenoxy) is 1. The van der Waals surface area contributed by atoms with Crippen molar-refractivity contribution in [3.8, 4) is 5.75 Å². The first kappa shape index (κ1) is 13.5. The van der Waals surface area contributed by atoms with E-state index < -0.39 is 6.10 Å². The minimum Gasteiger partial charge on any atom is -0.481 e. The molecule has 94 valence electrons. The summed E-state index contributed by atoms with van der Waals surface area (Å²) in [5.41, 5.74) is 4.27. The Morgan fingerprint density at radius 1 is 1.35 bits per heavy atom. The lowest BCUT2D eigenvalue weighted by molar-refractivity contribution is -0.127. The number of hydrogen-bond donors (Lipinski definition) is 2. The summed E-state index contributed by atoms with van der Waals surface area (Å²) in [5, 5.41) is 0. The first-order chi connectivity index (χ1) is 7.95. The van der Waals surface area contributed by atoms with Crippen molar-refractivity contribution in [2.24, 2.45) is 5.84 Å². The quantitative estimate of drug-likeness (QED) is 0.476. The van der Waals surface area contributed by atoms with E-state index in [1.165, 1.54) is 5.56 Å². The van der Waals surface area contributed by atoms with E-state index >= 15 is 0 Å². The maximum absolute atomic E-state index is 11.3. The van der Waals surface area contributed by atoms with Crippen molar-refractivity contribution < 1.29 is 9.53 Å². The Hall–Kier alpha value is -1.55. The predicted octanol–water partition coefficient (Wildman–Crippen LogP) is 1.88. The molecule has 1 rings (SSSR count). The molecule has 0 bridgehead atoms. The second-order valence-corrected chi connectivity index (χ2v) is 4.45. The molecule has 1 aromatic rings. The Labute approximate surface area is 102 Å². The first-order valence-corrected chi connectivity index (χ1v) is 5.73. The molecule has 0 spiro atoms. The number of aryl methyl sites for hydroxylation is 1. The van der Waals surface area contributed by atoms with Crippen LogP contribution in [0.4, 0.5) is 0 Å². The number of benzene rings is 1. The molecule has 0 fully saturated rings. The zero-order valence-corrected chi connectivity index (χ0v) is 10.8.